The molecule has 0 radical (unpaired) electrons. The van der Waals surface area contributed by atoms with Gasteiger partial charge in [-0.25, -0.2) is 0 Å². The van der Waals surface area contributed by atoms with Crippen molar-refractivity contribution in [1.82, 2.24) is 0 Å². The van der Waals surface area contributed by atoms with Gasteiger partial charge in [0.25, 0.3) is 5.91 Å². The van der Waals surface area contributed by atoms with Crippen molar-refractivity contribution in [2.45, 2.75) is 6.92 Å². The van der Waals surface area contributed by atoms with Gasteiger partial charge in [0.2, 0.25) is 0 Å². The molecule has 0 aliphatic heterocycles. The van der Waals surface area contributed by atoms with Crippen molar-refractivity contribution in [2.24, 2.45) is 0 Å². The number of carbonyl (C=O) groups excluding carboxylic acids is 1. The van der Waals surface area contributed by atoms with E-state index in [1.807, 2.05) is 25.1 Å². The molecule has 0 unspecified atom stereocenters. The third-order valence-corrected chi connectivity index (χ3v) is 3.55. The van der Waals surface area contributed by atoms with Crippen LogP contribution in [0.2, 0.25) is 5.02 Å². The van der Waals surface area contributed by atoms with Crippen molar-refractivity contribution in [1.29, 1.82) is 5.26 Å². The van der Waals surface area contributed by atoms with Crippen LogP contribution in [0.15, 0.2) is 48.0 Å². The number of terminal acetylenes is 1. The summed E-state index contributed by atoms with van der Waals surface area (Å²) in [6, 6.07) is 14.1. The van der Waals surface area contributed by atoms with Crippen LogP contribution in [0.25, 0.3) is 6.08 Å². The molecule has 0 spiro atoms. The number of nitrogens with one attached hydrogen (secondary N) is 1. The van der Waals surface area contributed by atoms with E-state index >= 15 is 0 Å². The maximum absolute atomic E-state index is 12.2. The molecule has 4 nitrogen and oxygen atoms in total. The summed E-state index contributed by atoms with van der Waals surface area (Å²) < 4.78 is 5.28. The molecule has 0 saturated heterocycles. The normalized spacial score (nSPS) is 10.5. The Kier molecular flexibility index (Phi) is 6.23. The summed E-state index contributed by atoms with van der Waals surface area (Å²) in [6.07, 6.45) is 6.60. The minimum Gasteiger partial charge on any atom is -0.479 e. The number of rotatable bonds is 5. The number of carbonyl (C=O) groups is 1. The fourth-order valence-corrected chi connectivity index (χ4v) is 2.24. The molecule has 0 atom stereocenters. The van der Waals surface area contributed by atoms with Crippen molar-refractivity contribution < 1.29 is 9.53 Å². The highest BCUT2D eigenvalue weighted by Crippen LogP contribution is 2.26. The molecule has 25 heavy (non-hydrogen) atoms. The summed E-state index contributed by atoms with van der Waals surface area (Å²) in [5, 5.41) is 12.3. The molecule has 0 fully saturated rings. The van der Waals surface area contributed by atoms with Crippen LogP contribution in [0.5, 0.6) is 5.75 Å². The number of halogens is 1. The molecule has 2 aromatic rings. The average molecular weight is 351 g/mol. The van der Waals surface area contributed by atoms with Gasteiger partial charge in [0, 0.05) is 5.69 Å². The molecule has 0 heterocycles. The molecule has 1 amide bonds. The lowest BCUT2D eigenvalue weighted by molar-refractivity contribution is -0.112. The van der Waals surface area contributed by atoms with E-state index in [0.717, 1.165) is 5.56 Å². The summed E-state index contributed by atoms with van der Waals surface area (Å²) in [4.78, 5) is 12.2. The highest BCUT2D eigenvalue weighted by molar-refractivity contribution is 6.32. The summed E-state index contributed by atoms with van der Waals surface area (Å²) in [7, 11) is 0. The zero-order chi connectivity index (χ0) is 18.2. The second-order valence-corrected chi connectivity index (χ2v) is 5.58. The molecular weight excluding hydrogens is 336 g/mol. The lowest BCUT2D eigenvalue weighted by Gasteiger charge is -2.07. The van der Waals surface area contributed by atoms with Crippen LogP contribution in [0.1, 0.15) is 11.1 Å². The molecule has 2 aromatic carbocycles. The predicted molar refractivity (Wildman–Crippen MR) is 99.2 cm³/mol. The number of hydrogen-bond donors (Lipinski definition) is 1. The largest absolute Gasteiger partial charge is 0.479 e. The van der Waals surface area contributed by atoms with Crippen LogP contribution in [0.3, 0.4) is 0 Å². The van der Waals surface area contributed by atoms with E-state index in [-0.39, 0.29) is 12.2 Å². The number of ether oxygens (including phenoxy) is 1. The first-order chi connectivity index (χ1) is 12.0. The van der Waals surface area contributed by atoms with Crippen LogP contribution in [0, 0.1) is 30.6 Å². The van der Waals surface area contributed by atoms with E-state index in [4.69, 9.17) is 22.8 Å². The highest BCUT2D eigenvalue weighted by atomic mass is 35.5. The van der Waals surface area contributed by atoms with Crippen LogP contribution in [-0.4, -0.2) is 12.5 Å². The third kappa shape index (κ3) is 5.14. The Balaban J connectivity index is 2.17. The molecule has 0 saturated carbocycles. The molecule has 5 heteroatoms. The van der Waals surface area contributed by atoms with Crippen molar-refractivity contribution in [3.05, 3.63) is 64.2 Å². The zero-order valence-electron chi connectivity index (χ0n) is 13.5. The zero-order valence-corrected chi connectivity index (χ0v) is 14.3. The van der Waals surface area contributed by atoms with E-state index in [0.29, 0.717) is 22.0 Å². The van der Waals surface area contributed by atoms with Crippen molar-refractivity contribution in [2.75, 3.05) is 11.9 Å². The van der Waals surface area contributed by atoms with Gasteiger partial charge in [0.15, 0.2) is 0 Å². The van der Waals surface area contributed by atoms with Crippen molar-refractivity contribution in [3.63, 3.8) is 0 Å². The summed E-state index contributed by atoms with van der Waals surface area (Å²) >= 11 is 6.11. The Labute approximate surface area is 151 Å². The van der Waals surface area contributed by atoms with Crippen molar-refractivity contribution >= 4 is 29.3 Å². The van der Waals surface area contributed by atoms with E-state index in [1.54, 1.807) is 30.3 Å². The van der Waals surface area contributed by atoms with Crippen LogP contribution < -0.4 is 10.1 Å². The van der Waals surface area contributed by atoms with Gasteiger partial charge < -0.3 is 10.1 Å². The first kappa shape index (κ1) is 18.1. The topological polar surface area (TPSA) is 62.1 Å². The van der Waals surface area contributed by atoms with E-state index < -0.39 is 5.91 Å². The van der Waals surface area contributed by atoms with Gasteiger partial charge >= 0.3 is 0 Å². The summed E-state index contributed by atoms with van der Waals surface area (Å²) in [5.41, 5.74) is 2.27. The Morgan fingerprint density at radius 3 is 2.64 bits per heavy atom. The van der Waals surface area contributed by atoms with Gasteiger partial charge in [-0.3, -0.25) is 4.79 Å². The number of amides is 1. The van der Waals surface area contributed by atoms with E-state index in [2.05, 4.69) is 11.2 Å². The third-order valence-electron chi connectivity index (χ3n) is 3.25. The highest BCUT2D eigenvalue weighted by Gasteiger charge is 2.10. The first-order valence-electron chi connectivity index (χ1n) is 7.39. The van der Waals surface area contributed by atoms with E-state index in [1.165, 1.54) is 6.08 Å². The van der Waals surface area contributed by atoms with E-state index in [9.17, 15) is 10.1 Å². The Bertz CT molecular complexity index is 887. The molecule has 124 valence electrons. The van der Waals surface area contributed by atoms with Gasteiger partial charge in [-0.1, -0.05) is 41.3 Å². The minimum atomic E-state index is -0.491. The van der Waals surface area contributed by atoms with Crippen molar-refractivity contribution in [3.8, 4) is 24.2 Å². The fraction of sp³-hybridized carbons (Fsp3) is 0.100. The summed E-state index contributed by atoms with van der Waals surface area (Å²) in [5.74, 6) is 2.31. The molecule has 0 aliphatic rings. The van der Waals surface area contributed by atoms with Crippen LogP contribution in [0.4, 0.5) is 5.69 Å². The Hall–Kier alpha value is -3.21. The lowest BCUT2D eigenvalue weighted by atomic mass is 10.1. The van der Waals surface area contributed by atoms with Gasteiger partial charge in [-0.15, -0.1) is 6.42 Å². The molecule has 0 bridgehead atoms. The lowest BCUT2D eigenvalue weighted by Crippen LogP contribution is -2.13. The smallest absolute Gasteiger partial charge is 0.266 e. The molecule has 1 N–H and O–H groups in total. The quantitative estimate of drug-likeness (QED) is 0.499. The van der Waals surface area contributed by atoms with Gasteiger partial charge in [0.05, 0.1) is 5.02 Å². The average Bonchev–Trinajstić information content (AvgIpc) is 2.60. The molecular formula is C20H15ClN2O2. The second kappa shape index (κ2) is 8.59. The Morgan fingerprint density at radius 2 is 2.04 bits per heavy atom. The summed E-state index contributed by atoms with van der Waals surface area (Å²) in [6.45, 7) is 2.06. The number of nitrogens with zero attached hydrogens (tertiary/aromatic N) is 1. The number of benzene rings is 2. The first-order valence-corrected chi connectivity index (χ1v) is 7.77. The number of aryl methyl sites for hydroxylation is 1. The molecule has 0 aromatic heterocycles. The molecule has 0 aliphatic carbocycles. The maximum atomic E-state index is 12.2. The van der Waals surface area contributed by atoms with Crippen LogP contribution in [-0.2, 0) is 4.79 Å². The maximum Gasteiger partial charge on any atom is 0.266 e. The fourth-order valence-electron chi connectivity index (χ4n) is 1.99. The minimum absolute atomic E-state index is 0.0334. The SMILES string of the molecule is C#CCOc1ccc(/C=C(\C#N)C(=O)Nc2ccc(C)cc2)cc1Cl. The standard InChI is InChI=1S/C20H15ClN2O2/c1-3-10-25-19-9-6-15(12-18(19)21)11-16(13-22)20(24)23-17-7-4-14(2)5-8-17/h1,4-9,11-12H,10H2,2H3,(H,23,24)/b16-11+. The number of nitriles is 1. The van der Waals surface area contributed by atoms with Gasteiger partial charge in [-0.2, -0.15) is 5.26 Å². The number of anilines is 1. The monoisotopic (exact) mass is 350 g/mol. The predicted octanol–water partition coefficient (Wildman–Crippen LogP) is 4.21. The number of hydrogen-bond acceptors (Lipinski definition) is 3. The second-order valence-electron chi connectivity index (χ2n) is 5.17. The van der Waals surface area contributed by atoms with Crippen LogP contribution >= 0.6 is 11.6 Å². The van der Waals surface area contributed by atoms with Gasteiger partial charge in [-0.05, 0) is 42.8 Å². The Morgan fingerprint density at radius 1 is 1.32 bits per heavy atom. The van der Waals surface area contributed by atoms with Gasteiger partial charge in [0.1, 0.15) is 24.0 Å². The molecule has 2 rings (SSSR count).